The molecule has 2 aliphatic heterocycles. The van der Waals surface area contributed by atoms with Crippen molar-refractivity contribution in [3.8, 4) is 12.1 Å². The van der Waals surface area contributed by atoms with Crippen molar-refractivity contribution in [2.45, 2.75) is 18.0 Å². The lowest BCUT2D eigenvalue weighted by Gasteiger charge is -2.29. The molecule has 4 aromatic carbocycles. The first-order valence-electron chi connectivity index (χ1n) is 11.8. The zero-order valence-electron chi connectivity index (χ0n) is 19.2. The lowest BCUT2D eigenvalue weighted by atomic mass is 9.67. The van der Waals surface area contributed by atoms with Crippen molar-refractivity contribution in [3.05, 3.63) is 124 Å². The normalized spacial score (nSPS) is 23.3. The van der Waals surface area contributed by atoms with Gasteiger partial charge in [-0.2, -0.15) is 10.5 Å². The summed E-state index contributed by atoms with van der Waals surface area (Å²) in [4.78, 5) is 15.1. The molecule has 0 saturated carbocycles. The van der Waals surface area contributed by atoms with Gasteiger partial charge in [0.1, 0.15) is 0 Å². The number of nitrogens with one attached hydrogen (secondary N) is 1. The average molecular weight is 487 g/mol. The Labute approximate surface area is 214 Å². The monoisotopic (exact) mass is 486 g/mol. The van der Waals surface area contributed by atoms with E-state index in [0.29, 0.717) is 10.6 Å². The number of rotatable bonds is 3. The fourth-order valence-electron chi connectivity index (χ4n) is 6.15. The second-order valence-corrected chi connectivity index (χ2v) is 9.82. The lowest BCUT2D eigenvalue weighted by molar-refractivity contribution is -0.885. The molecule has 2 heterocycles. The summed E-state index contributed by atoms with van der Waals surface area (Å²) in [6.07, 6.45) is 3.95. The molecule has 1 N–H and O–H groups in total. The molecule has 4 nitrogen and oxygen atoms in total. The van der Waals surface area contributed by atoms with Crippen molar-refractivity contribution in [1.29, 1.82) is 10.5 Å². The third kappa shape index (κ3) is 3.13. The molecule has 1 unspecified atom stereocenters. The van der Waals surface area contributed by atoms with E-state index in [0.717, 1.165) is 32.4 Å². The van der Waals surface area contributed by atoms with Crippen LogP contribution in [0.15, 0.2) is 97.2 Å². The Morgan fingerprint density at radius 3 is 2.28 bits per heavy atom. The maximum atomic E-state index is 14.2. The van der Waals surface area contributed by atoms with E-state index in [9.17, 15) is 15.3 Å². The Bertz CT molecular complexity index is 1610. The van der Waals surface area contributed by atoms with Crippen molar-refractivity contribution in [2.75, 3.05) is 0 Å². The average Bonchev–Trinajstić information content (AvgIpc) is 3.23. The summed E-state index contributed by atoms with van der Waals surface area (Å²) in [7, 11) is 0. The van der Waals surface area contributed by atoms with E-state index in [1.165, 1.54) is 0 Å². The molecule has 0 aromatic heterocycles. The smallest absolute Gasteiger partial charge is 0.221 e. The van der Waals surface area contributed by atoms with Crippen LogP contribution in [0.25, 0.3) is 16.8 Å². The number of fused-ring (bicyclic) bond motifs is 4. The van der Waals surface area contributed by atoms with Gasteiger partial charge in [-0.15, -0.1) is 0 Å². The van der Waals surface area contributed by atoms with Crippen molar-refractivity contribution in [1.82, 2.24) is 0 Å². The summed E-state index contributed by atoms with van der Waals surface area (Å²) in [5.74, 6) is -0.765. The topological polar surface area (TPSA) is 69.1 Å². The highest BCUT2D eigenvalue weighted by atomic mass is 35.5. The van der Waals surface area contributed by atoms with E-state index in [1.807, 2.05) is 79.0 Å². The van der Waals surface area contributed by atoms with Crippen LogP contribution in [0.1, 0.15) is 39.0 Å². The summed E-state index contributed by atoms with van der Waals surface area (Å²) in [5.41, 5.74) is 1.77. The molecule has 0 aliphatic carbocycles. The van der Waals surface area contributed by atoms with Crippen molar-refractivity contribution < 1.29 is 9.69 Å². The van der Waals surface area contributed by atoms with Crippen molar-refractivity contribution in [2.24, 2.45) is 5.41 Å². The van der Waals surface area contributed by atoms with Crippen molar-refractivity contribution in [3.63, 3.8) is 0 Å². The largest absolute Gasteiger partial charge is 0.291 e. The minimum atomic E-state index is -1.47. The molecule has 2 aliphatic rings. The Balaban J connectivity index is 1.66. The second kappa shape index (κ2) is 8.47. The van der Waals surface area contributed by atoms with Crippen LogP contribution < -0.4 is 4.90 Å². The minimum Gasteiger partial charge on any atom is -0.291 e. The molecule has 36 heavy (non-hydrogen) atoms. The number of nitriles is 2. The molecule has 6 rings (SSSR count). The Morgan fingerprint density at radius 1 is 0.833 bits per heavy atom. The van der Waals surface area contributed by atoms with Crippen LogP contribution in [0, 0.1) is 28.1 Å². The Morgan fingerprint density at radius 2 is 1.50 bits per heavy atom. The van der Waals surface area contributed by atoms with Gasteiger partial charge in [0.05, 0.1) is 24.3 Å². The summed E-state index contributed by atoms with van der Waals surface area (Å²) < 4.78 is 0. The Kier molecular flexibility index (Phi) is 5.23. The minimum absolute atomic E-state index is 0.110. The van der Waals surface area contributed by atoms with Gasteiger partial charge in [0, 0.05) is 16.1 Å². The summed E-state index contributed by atoms with van der Waals surface area (Å²) in [5, 5.41) is 24.0. The van der Waals surface area contributed by atoms with E-state index in [4.69, 9.17) is 11.6 Å². The van der Waals surface area contributed by atoms with Gasteiger partial charge in [-0.25, -0.2) is 0 Å². The fraction of sp³-hybridized carbons (Fsp3) is 0.129. The second-order valence-electron chi connectivity index (χ2n) is 9.38. The van der Waals surface area contributed by atoms with E-state index in [-0.39, 0.29) is 5.78 Å². The molecule has 0 bridgehead atoms. The van der Waals surface area contributed by atoms with Gasteiger partial charge in [0.25, 0.3) is 0 Å². The van der Waals surface area contributed by atoms with E-state index < -0.39 is 23.4 Å². The molecular formula is C31H21ClN3O+. The number of carbonyl (C=O) groups is 1. The van der Waals surface area contributed by atoms with Gasteiger partial charge in [0.15, 0.2) is 12.1 Å². The van der Waals surface area contributed by atoms with E-state index >= 15 is 0 Å². The highest BCUT2D eigenvalue weighted by Crippen LogP contribution is 2.52. The zero-order valence-corrected chi connectivity index (χ0v) is 20.0. The number of hydrogen-bond acceptors (Lipinski definition) is 3. The first kappa shape index (κ1) is 22.3. The number of nitrogens with zero attached hydrogens (tertiary/aromatic N) is 2. The van der Waals surface area contributed by atoms with Gasteiger partial charge in [0.2, 0.25) is 11.2 Å². The lowest BCUT2D eigenvalue weighted by Crippen LogP contribution is -3.11. The Hall–Kier alpha value is -4.22. The van der Waals surface area contributed by atoms with Crippen LogP contribution in [0.3, 0.4) is 0 Å². The molecule has 1 fully saturated rings. The van der Waals surface area contributed by atoms with Gasteiger partial charge in [-0.05, 0) is 52.2 Å². The zero-order chi connectivity index (χ0) is 24.9. The molecule has 0 amide bonds. The maximum Gasteiger partial charge on any atom is 0.221 e. The first-order valence-corrected chi connectivity index (χ1v) is 12.2. The van der Waals surface area contributed by atoms with Crippen LogP contribution in [0.4, 0.5) is 0 Å². The van der Waals surface area contributed by atoms with Crippen molar-refractivity contribution >= 4 is 34.2 Å². The molecule has 4 atom stereocenters. The number of halogens is 1. The summed E-state index contributed by atoms with van der Waals surface area (Å²) >= 11 is 6.11. The van der Waals surface area contributed by atoms with Crippen LogP contribution in [-0.4, -0.2) is 11.8 Å². The number of Topliss-reactive ketones (excluding diaryl/α,β-unsaturated/α-hetero) is 1. The highest BCUT2D eigenvalue weighted by Gasteiger charge is 2.68. The van der Waals surface area contributed by atoms with E-state index in [2.05, 4.69) is 12.1 Å². The van der Waals surface area contributed by atoms with Gasteiger partial charge >= 0.3 is 0 Å². The maximum absolute atomic E-state index is 14.2. The molecule has 0 radical (unpaired) electrons. The molecule has 1 saturated heterocycles. The SMILES string of the molecule is N#CC1(C#N)[C@@H](c2cccc3ccccc23)[C@H](C(=O)c2ccc(Cl)cc2)[NH+]2C=Cc3ccccc3[C@@H]21. The number of carbonyl (C=O) groups excluding carboxylic acids is 1. The summed E-state index contributed by atoms with van der Waals surface area (Å²) in [6, 6.07) is 32.2. The molecule has 172 valence electrons. The number of benzene rings is 4. The van der Waals surface area contributed by atoms with Crippen LogP contribution >= 0.6 is 11.6 Å². The van der Waals surface area contributed by atoms with Crippen LogP contribution in [0.2, 0.25) is 5.02 Å². The predicted molar refractivity (Wildman–Crippen MR) is 139 cm³/mol. The standard InChI is InChI=1S/C31H20ClN3O/c32-23-14-12-22(13-15-23)29(36)28-27(26-11-5-8-20-6-1-3-9-24(20)26)31(18-33,19-34)30-25-10-4-2-7-21(25)16-17-35(28)30/h1-17,27-28,30H/p+1/t27-,28+,30+/m0/s1. The number of ketones is 1. The third-order valence-electron chi connectivity index (χ3n) is 7.67. The molecule has 5 heteroatoms. The predicted octanol–water partition coefficient (Wildman–Crippen LogP) is 5.49. The van der Waals surface area contributed by atoms with Crippen LogP contribution in [-0.2, 0) is 0 Å². The quantitative estimate of drug-likeness (QED) is 0.389. The van der Waals surface area contributed by atoms with Gasteiger partial charge in [-0.1, -0.05) is 78.3 Å². The number of quaternary nitrogens is 1. The van der Waals surface area contributed by atoms with E-state index in [1.54, 1.807) is 24.3 Å². The fourth-order valence-corrected chi connectivity index (χ4v) is 6.28. The van der Waals surface area contributed by atoms with Gasteiger partial charge in [-0.3, -0.25) is 9.69 Å². The summed E-state index contributed by atoms with van der Waals surface area (Å²) in [6.45, 7) is 0. The first-order chi connectivity index (χ1) is 17.6. The molecular weight excluding hydrogens is 466 g/mol. The highest BCUT2D eigenvalue weighted by molar-refractivity contribution is 6.30. The molecule has 4 aromatic rings. The van der Waals surface area contributed by atoms with Crippen LogP contribution in [0.5, 0.6) is 0 Å². The molecule has 0 spiro atoms. The van der Waals surface area contributed by atoms with Gasteiger partial charge < -0.3 is 0 Å². The third-order valence-corrected chi connectivity index (χ3v) is 7.93. The number of hydrogen-bond donors (Lipinski definition) is 1.